The van der Waals surface area contributed by atoms with Gasteiger partial charge in [0.05, 0.1) is 12.0 Å². The molecule has 18 heavy (non-hydrogen) atoms. The van der Waals surface area contributed by atoms with Gasteiger partial charge in [-0.1, -0.05) is 0 Å². The molecule has 1 aliphatic rings. The van der Waals surface area contributed by atoms with Gasteiger partial charge in [0.2, 0.25) is 5.91 Å². The van der Waals surface area contributed by atoms with Crippen LogP contribution in [-0.2, 0) is 11.2 Å². The molecule has 2 N–H and O–H groups in total. The number of hydrogen-bond acceptors (Lipinski definition) is 3. The van der Waals surface area contributed by atoms with Crippen LogP contribution in [0.25, 0.3) is 0 Å². The van der Waals surface area contributed by atoms with Gasteiger partial charge in [0, 0.05) is 17.5 Å². The van der Waals surface area contributed by atoms with Crippen LogP contribution in [-0.4, -0.2) is 28.9 Å². The molecule has 100 valence electrons. The monoisotopic (exact) mass is 266 g/mol. The highest BCUT2D eigenvalue weighted by molar-refractivity contribution is 7.10. The second-order valence-corrected chi connectivity index (χ2v) is 6.65. The second-order valence-electron chi connectivity index (χ2n) is 5.65. The van der Waals surface area contributed by atoms with Crippen LogP contribution in [0.3, 0.4) is 0 Å². The van der Waals surface area contributed by atoms with Crippen molar-refractivity contribution in [3.05, 3.63) is 21.9 Å². The van der Waals surface area contributed by atoms with Gasteiger partial charge in [0.25, 0.3) is 0 Å². The summed E-state index contributed by atoms with van der Waals surface area (Å²) in [7, 11) is 0. The fraction of sp³-hybridized carbons (Fsp3) is 0.643. The molecule has 1 saturated heterocycles. The summed E-state index contributed by atoms with van der Waals surface area (Å²) in [6.07, 6.45) is 2.54. The van der Waals surface area contributed by atoms with Crippen LogP contribution in [0, 0.1) is 6.92 Å². The van der Waals surface area contributed by atoms with Crippen LogP contribution in [0.1, 0.15) is 37.1 Å². The van der Waals surface area contributed by atoms with Crippen molar-refractivity contribution in [2.24, 2.45) is 5.73 Å². The van der Waals surface area contributed by atoms with Crippen molar-refractivity contribution in [3.8, 4) is 0 Å². The van der Waals surface area contributed by atoms with Crippen LogP contribution in [0.5, 0.6) is 0 Å². The third-order valence-electron chi connectivity index (χ3n) is 4.08. The van der Waals surface area contributed by atoms with E-state index in [-0.39, 0.29) is 17.5 Å². The van der Waals surface area contributed by atoms with Crippen molar-refractivity contribution in [2.45, 2.75) is 51.6 Å². The zero-order valence-electron chi connectivity index (χ0n) is 11.4. The highest BCUT2D eigenvalue weighted by Crippen LogP contribution is 2.28. The van der Waals surface area contributed by atoms with Gasteiger partial charge in [-0.25, -0.2) is 0 Å². The first-order chi connectivity index (χ1) is 8.43. The third kappa shape index (κ3) is 2.45. The van der Waals surface area contributed by atoms with Gasteiger partial charge in [-0.3, -0.25) is 4.79 Å². The molecule has 2 heterocycles. The second kappa shape index (κ2) is 5.02. The van der Waals surface area contributed by atoms with Crippen molar-refractivity contribution in [1.29, 1.82) is 0 Å². The maximum Gasteiger partial charge on any atom is 0.228 e. The van der Waals surface area contributed by atoms with Gasteiger partial charge >= 0.3 is 0 Å². The predicted octanol–water partition coefficient (Wildman–Crippen LogP) is 2.33. The first kappa shape index (κ1) is 13.6. The van der Waals surface area contributed by atoms with E-state index in [4.69, 9.17) is 5.73 Å². The molecular weight excluding hydrogens is 244 g/mol. The van der Waals surface area contributed by atoms with Crippen molar-refractivity contribution in [3.63, 3.8) is 0 Å². The lowest BCUT2D eigenvalue weighted by molar-refractivity contribution is -0.138. The molecule has 0 saturated carbocycles. The number of hydrogen-bond donors (Lipinski definition) is 1. The standard InChI is InChI=1S/C14H22N2OS/c1-10-6-8-18-11(10)9-13(17)16-7-4-5-12(15)14(16,2)3/h6,8,12H,4-5,7,9,15H2,1-3H3. The van der Waals surface area contributed by atoms with E-state index in [9.17, 15) is 4.79 Å². The van der Waals surface area contributed by atoms with E-state index < -0.39 is 0 Å². The van der Waals surface area contributed by atoms with E-state index in [1.54, 1.807) is 11.3 Å². The average molecular weight is 266 g/mol. The summed E-state index contributed by atoms with van der Waals surface area (Å²) in [5, 5.41) is 2.05. The average Bonchev–Trinajstić information content (AvgIpc) is 2.68. The molecule has 0 bridgehead atoms. The highest BCUT2D eigenvalue weighted by atomic mass is 32.1. The van der Waals surface area contributed by atoms with Crippen LogP contribution < -0.4 is 5.73 Å². The van der Waals surface area contributed by atoms with E-state index in [0.717, 1.165) is 19.4 Å². The zero-order valence-corrected chi connectivity index (χ0v) is 12.2. The van der Waals surface area contributed by atoms with Crippen LogP contribution >= 0.6 is 11.3 Å². The smallest absolute Gasteiger partial charge is 0.228 e. The summed E-state index contributed by atoms with van der Waals surface area (Å²) >= 11 is 1.66. The summed E-state index contributed by atoms with van der Waals surface area (Å²) in [5.41, 5.74) is 7.15. The number of amides is 1. The number of piperidine rings is 1. The van der Waals surface area contributed by atoms with E-state index >= 15 is 0 Å². The molecule has 3 nitrogen and oxygen atoms in total. The van der Waals surface area contributed by atoms with E-state index in [1.807, 2.05) is 10.3 Å². The Balaban J connectivity index is 2.11. The Labute approximate surface area is 113 Å². The maximum absolute atomic E-state index is 12.5. The summed E-state index contributed by atoms with van der Waals surface area (Å²) < 4.78 is 0. The fourth-order valence-corrected chi connectivity index (χ4v) is 3.47. The first-order valence-electron chi connectivity index (χ1n) is 6.52. The number of rotatable bonds is 2. The van der Waals surface area contributed by atoms with Crippen molar-refractivity contribution in [1.82, 2.24) is 4.90 Å². The Bertz CT molecular complexity index is 439. The summed E-state index contributed by atoms with van der Waals surface area (Å²) in [6, 6.07) is 2.15. The van der Waals surface area contributed by atoms with Crippen molar-refractivity contribution in [2.75, 3.05) is 6.54 Å². The Morgan fingerprint density at radius 1 is 1.61 bits per heavy atom. The topological polar surface area (TPSA) is 46.3 Å². The van der Waals surface area contributed by atoms with E-state index in [2.05, 4.69) is 26.8 Å². The third-order valence-corrected chi connectivity index (χ3v) is 5.10. The lowest BCUT2D eigenvalue weighted by Crippen LogP contribution is -2.61. The summed E-state index contributed by atoms with van der Waals surface area (Å²) in [4.78, 5) is 15.6. The number of nitrogens with zero attached hydrogens (tertiary/aromatic N) is 1. The Hall–Kier alpha value is -0.870. The molecule has 1 amide bonds. The molecule has 1 unspecified atom stereocenters. The maximum atomic E-state index is 12.5. The minimum Gasteiger partial charge on any atom is -0.336 e. The normalized spacial score (nSPS) is 23.1. The number of aryl methyl sites for hydroxylation is 1. The molecule has 1 aliphatic heterocycles. The Morgan fingerprint density at radius 3 is 2.94 bits per heavy atom. The molecule has 1 aromatic rings. The molecule has 0 radical (unpaired) electrons. The summed E-state index contributed by atoms with van der Waals surface area (Å²) in [6.45, 7) is 7.06. The van der Waals surface area contributed by atoms with E-state index in [0.29, 0.717) is 6.42 Å². The molecular formula is C14H22N2OS. The predicted molar refractivity (Wildman–Crippen MR) is 75.8 cm³/mol. The Morgan fingerprint density at radius 2 is 2.33 bits per heavy atom. The van der Waals surface area contributed by atoms with Gasteiger partial charge < -0.3 is 10.6 Å². The summed E-state index contributed by atoms with van der Waals surface area (Å²) in [5.74, 6) is 0.209. The zero-order chi connectivity index (χ0) is 13.3. The number of likely N-dealkylation sites (tertiary alicyclic amines) is 1. The number of nitrogens with two attached hydrogens (primary N) is 1. The van der Waals surface area contributed by atoms with Crippen molar-refractivity contribution < 1.29 is 4.79 Å². The number of thiophene rings is 1. The SMILES string of the molecule is Cc1ccsc1CC(=O)N1CCCC(N)C1(C)C. The van der Waals surface area contributed by atoms with Gasteiger partial charge in [0.15, 0.2) is 0 Å². The molecule has 0 aliphatic carbocycles. The van der Waals surface area contributed by atoms with Crippen molar-refractivity contribution >= 4 is 17.2 Å². The first-order valence-corrected chi connectivity index (χ1v) is 7.40. The molecule has 0 spiro atoms. The van der Waals surface area contributed by atoms with Gasteiger partial charge in [-0.2, -0.15) is 0 Å². The van der Waals surface area contributed by atoms with Gasteiger partial charge in [0.1, 0.15) is 0 Å². The molecule has 0 aromatic carbocycles. The van der Waals surface area contributed by atoms with Gasteiger partial charge in [-0.15, -0.1) is 11.3 Å². The van der Waals surface area contributed by atoms with Gasteiger partial charge in [-0.05, 0) is 50.6 Å². The largest absolute Gasteiger partial charge is 0.336 e. The molecule has 1 atom stereocenters. The van der Waals surface area contributed by atoms with Crippen LogP contribution in [0.2, 0.25) is 0 Å². The Kier molecular flexibility index (Phi) is 3.78. The minimum atomic E-state index is -0.222. The number of carbonyl (C=O) groups excluding carboxylic acids is 1. The lowest BCUT2D eigenvalue weighted by Gasteiger charge is -2.46. The molecule has 1 fully saturated rings. The lowest BCUT2D eigenvalue weighted by atomic mass is 9.85. The molecule has 4 heteroatoms. The van der Waals surface area contributed by atoms with E-state index in [1.165, 1.54) is 10.4 Å². The molecule has 1 aromatic heterocycles. The van der Waals surface area contributed by atoms with Crippen LogP contribution in [0.15, 0.2) is 11.4 Å². The van der Waals surface area contributed by atoms with Crippen LogP contribution in [0.4, 0.5) is 0 Å². The number of carbonyl (C=O) groups is 1. The molecule has 2 rings (SSSR count). The highest BCUT2D eigenvalue weighted by Gasteiger charge is 2.38. The quantitative estimate of drug-likeness (QED) is 0.893. The minimum absolute atomic E-state index is 0.0830. The fourth-order valence-electron chi connectivity index (χ4n) is 2.57.